The summed E-state index contributed by atoms with van der Waals surface area (Å²) in [6.07, 6.45) is 3.65. The largest absolute Gasteiger partial charge is 0.497 e. The normalized spacial score (nSPS) is 13.4. The average molecular weight is 291 g/mol. The van der Waals surface area contributed by atoms with Crippen LogP contribution >= 0.6 is 0 Å². The first-order valence-electron chi connectivity index (χ1n) is 6.86. The van der Waals surface area contributed by atoms with Gasteiger partial charge in [-0.05, 0) is 35.6 Å². The van der Waals surface area contributed by atoms with Gasteiger partial charge in [0.25, 0.3) is 0 Å². The lowest BCUT2D eigenvalue weighted by atomic mass is 10.1. The molecular formula is C17H13N3O2. The van der Waals surface area contributed by atoms with Crippen molar-refractivity contribution in [2.24, 2.45) is 10.2 Å². The van der Waals surface area contributed by atoms with Crippen LogP contribution in [0, 0.1) is 0 Å². The second-order valence-electron chi connectivity index (χ2n) is 5.11. The number of aromatic hydroxyl groups is 1. The molecule has 0 fully saturated rings. The van der Waals surface area contributed by atoms with Crippen LogP contribution in [0.15, 0.2) is 46.6 Å². The molecule has 1 aromatic heterocycles. The number of methoxy groups -OCH3 is 1. The number of H-pyrrole nitrogens is 1. The fourth-order valence-electron chi connectivity index (χ4n) is 2.62. The second-order valence-corrected chi connectivity index (χ2v) is 5.11. The minimum absolute atomic E-state index is 0.136. The zero-order valence-corrected chi connectivity index (χ0v) is 11.9. The molecule has 0 radical (unpaired) electrons. The number of aromatic amines is 1. The van der Waals surface area contributed by atoms with Crippen LogP contribution < -0.4 is 15.2 Å². The van der Waals surface area contributed by atoms with Crippen LogP contribution in [-0.4, -0.2) is 17.2 Å². The standard InChI is InChI=1S/C17H13N3O2/c1-22-12-4-5-15-13(8-12)14(17(21)19-15)6-10-2-3-11-9-18-20-16(11)7-10/h2-9,19,21H,1H3. The number of nitrogens with one attached hydrogen (secondary N) is 1. The van der Waals surface area contributed by atoms with Crippen molar-refractivity contribution in [1.82, 2.24) is 4.98 Å². The lowest BCUT2D eigenvalue weighted by molar-refractivity contribution is 0.415. The van der Waals surface area contributed by atoms with Crippen LogP contribution in [0.5, 0.6) is 11.6 Å². The summed E-state index contributed by atoms with van der Waals surface area (Å²) >= 11 is 0. The number of hydrogen-bond acceptors (Lipinski definition) is 4. The smallest absolute Gasteiger partial charge is 0.196 e. The predicted molar refractivity (Wildman–Crippen MR) is 84.8 cm³/mol. The minimum Gasteiger partial charge on any atom is -0.497 e. The molecule has 0 amide bonds. The van der Waals surface area contributed by atoms with E-state index in [4.69, 9.17) is 4.74 Å². The first-order chi connectivity index (χ1) is 10.7. The molecule has 108 valence electrons. The molecule has 4 rings (SSSR count). The number of ether oxygens (including phenoxy) is 1. The first-order valence-corrected chi connectivity index (χ1v) is 6.86. The minimum atomic E-state index is 0.136. The summed E-state index contributed by atoms with van der Waals surface area (Å²) in [4.78, 5) is 2.97. The number of rotatable bonds is 2. The van der Waals surface area contributed by atoms with Gasteiger partial charge in [-0.25, -0.2) is 0 Å². The van der Waals surface area contributed by atoms with E-state index >= 15 is 0 Å². The van der Waals surface area contributed by atoms with Gasteiger partial charge in [-0.2, -0.15) is 10.2 Å². The average Bonchev–Trinajstić information content (AvgIpc) is 3.11. The van der Waals surface area contributed by atoms with Gasteiger partial charge in [0.05, 0.1) is 19.0 Å². The van der Waals surface area contributed by atoms with E-state index in [9.17, 15) is 5.11 Å². The van der Waals surface area contributed by atoms with Gasteiger partial charge >= 0.3 is 0 Å². The predicted octanol–water partition coefficient (Wildman–Crippen LogP) is 2.55. The summed E-state index contributed by atoms with van der Waals surface area (Å²) in [7, 11) is 1.62. The summed E-state index contributed by atoms with van der Waals surface area (Å²) in [6, 6.07) is 11.5. The maximum Gasteiger partial charge on any atom is 0.196 e. The Bertz CT molecular complexity index is 1030. The second kappa shape index (κ2) is 4.73. The van der Waals surface area contributed by atoms with Crippen molar-refractivity contribution in [1.29, 1.82) is 0 Å². The lowest BCUT2D eigenvalue weighted by Crippen LogP contribution is -2.06. The van der Waals surface area contributed by atoms with Gasteiger partial charge in [-0.1, -0.05) is 12.1 Å². The molecule has 0 atom stereocenters. The third kappa shape index (κ3) is 1.95. The van der Waals surface area contributed by atoms with Crippen LogP contribution in [0.25, 0.3) is 23.2 Å². The van der Waals surface area contributed by atoms with Crippen molar-refractivity contribution in [3.63, 3.8) is 0 Å². The molecule has 22 heavy (non-hydrogen) atoms. The molecule has 0 unspecified atom stereocenters. The fraction of sp³-hybridized carbons (Fsp3) is 0.0588. The number of azo groups is 1. The number of benzene rings is 2. The van der Waals surface area contributed by atoms with Gasteiger partial charge < -0.3 is 14.8 Å². The fourth-order valence-corrected chi connectivity index (χ4v) is 2.62. The van der Waals surface area contributed by atoms with Crippen LogP contribution in [-0.2, 0) is 0 Å². The van der Waals surface area contributed by atoms with Crippen molar-refractivity contribution in [3.05, 3.63) is 52.4 Å². The first kappa shape index (κ1) is 12.6. The van der Waals surface area contributed by atoms with E-state index in [1.54, 1.807) is 13.3 Å². The van der Waals surface area contributed by atoms with Gasteiger partial charge in [0.1, 0.15) is 5.75 Å². The van der Waals surface area contributed by atoms with Crippen LogP contribution in [0.3, 0.4) is 0 Å². The molecule has 2 heterocycles. The number of aromatic nitrogens is 1. The highest BCUT2D eigenvalue weighted by molar-refractivity contribution is 5.92. The highest BCUT2D eigenvalue weighted by Gasteiger charge is 2.09. The molecule has 1 aliphatic rings. The topological polar surface area (TPSA) is 70.0 Å². The molecule has 0 saturated carbocycles. The lowest BCUT2D eigenvalue weighted by Gasteiger charge is -1.99. The Hall–Kier alpha value is -3.08. The van der Waals surface area contributed by atoms with E-state index in [1.807, 2.05) is 42.5 Å². The SMILES string of the molecule is COc1ccc2[nH]c(O)c(C=c3ccc4c(c3)N=NC=4)c2c1. The van der Waals surface area contributed by atoms with Crippen LogP contribution in [0.1, 0.15) is 5.56 Å². The Balaban J connectivity index is 1.94. The number of nitrogens with zero attached hydrogens (tertiary/aromatic N) is 2. The van der Waals surface area contributed by atoms with Gasteiger partial charge in [0, 0.05) is 21.7 Å². The Morgan fingerprint density at radius 3 is 2.95 bits per heavy atom. The van der Waals surface area contributed by atoms with Crippen molar-refractivity contribution < 1.29 is 9.84 Å². The molecule has 0 spiro atoms. The Kier molecular flexibility index (Phi) is 2.72. The monoisotopic (exact) mass is 291 g/mol. The molecule has 5 nitrogen and oxygen atoms in total. The zero-order valence-electron chi connectivity index (χ0n) is 11.9. The maximum absolute atomic E-state index is 10.2. The van der Waals surface area contributed by atoms with E-state index in [0.717, 1.165) is 38.3 Å². The Morgan fingerprint density at radius 1 is 1.18 bits per heavy atom. The zero-order chi connectivity index (χ0) is 15.1. The molecule has 2 N–H and O–H groups in total. The quantitative estimate of drug-likeness (QED) is 0.761. The highest BCUT2D eigenvalue weighted by Crippen LogP contribution is 2.30. The molecule has 5 heteroatoms. The van der Waals surface area contributed by atoms with Gasteiger partial charge in [-0.15, -0.1) is 0 Å². The molecule has 3 aromatic rings. The summed E-state index contributed by atoms with van der Waals surface area (Å²) in [5.74, 6) is 0.885. The van der Waals surface area contributed by atoms with Crippen molar-refractivity contribution in [2.45, 2.75) is 0 Å². The Morgan fingerprint density at radius 2 is 2.09 bits per heavy atom. The molecular weight excluding hydrogens is 278 g/mol. The van der Waals surface area contributed by atoms with Crippen molar-refractivity contribution in [3.8, 4) is 11.6 Å². The molecule has 0 aliphatic carbocycles. The van der Waals surface area contributed by atoms with Gasteiger partial charge in [0.2, 0.25) is 0 Å². The highest BCUT2D eigenvalue weighted by atomic mass is 16.5. The van der Waals surface area contributed by atoms with E-state index in [0.29, 0.717) is 0 Å². The molecule has 1 aliphatic heterocycles. The van der Waals surface area contributed by atoms with E-state index in [2.05, 4.69) is 15.2 Å². The van der Waals surface area contributed by atoms with E-state index < -0.39 is 0 Å². The summed E-state index contributed by atoms with van der Waals surface area (Å²) in [5.41, 5.74) is 2.43. The summed E-state index contributed by atoms with van der Waals surface area (Å²) < 4.78 is 5.26. The Labute approximate surface area is 125 Å². The third-order valence-corrected chi connectivity index (χ3v) is 3.75. The molecule has 0 bridgehead atoms. The number of hydrogen-bond donors (Lipinski definition) is 2. The van der Waals surface area contributed by atoms with Crippen LogP contribution in [0.4, 0.5) is 5.69 Å². The maximum atomic E-state index is 10.2. The number of fused-ring (bicyclic) bond motifs is 2. The van der Waals surface area contributed by atoms with E-state index in [-0.39, 0.29) is 5.88 Å². The molecule has 2 aromatic carbocycles. The summed E-state index contributed by atoms with van der Waals surface area (Å²) in [6.45, 7) is 0. The van der Waals surface area contributed by atoms with Crippen molar-refractivity contribution >= 4 is 28.9 Å². The van der Waals surface area contributed by atoms with Gasteiger partial charge in [0.15, 0.2) is 5.88 Å². The van der Waals surface area contributed by atoms with Gasteiger partial charge in [-0.3, -0.25) is 0 Å². The van der Waals surface area contributed by atoms with E-state index in [1.165, 1.54) is 0 Å². The van der Waals surface area contributed by atoms with Crippen molar-refractivity contribution in [2.75, 3.05) is 7.11 Å². The molecule has 0 saturated heterocycles. The summed E-state index contributed by atoms with van der Waals surface area (Å²) in [5, 5.41) is 21.0. The third-order valence-electron chi connectivity index (χ3n) is 3.75. The van der Waals surface area contributed by atoms with Crippen LogP contribution in [0.2, 0.25) is 0 Å².